The Morgan fingerprint density at radius 3 is 1.30 bits per heavy atom. The Balaban J connectivity index is 1.20. The van der Waals surface area contributed by atoms with Gasteiger partial charge in [-0.2, -0.15) is 0 Å². The SMILES string of the molecule is c1ccc(-c2ccc(-c3c4ccccc4c(-c4ccc5c(c4)sc4c5ccc5c6ccccc6sc54)c4ccccc34)cc2)cc1. The first-order valence-corrected chi connectivity index (χ1v) is 17.3. The third-order valence-electron chi connectivity index (χ3n) is 9.49. The van der Waals surface area contributed by atoms with E-state index in [1.54, 1.807) is 0 Å². The Hall–Kier alpha value is -5.28. The second-order valence-corrected chi connectivity index (χ2v) is 14.1. The van der Waals surface area contributed by atoms with E-state index in [1.807, 2.05) is 22.7 Å². The first kappa shape index (κ1) is 26.0. The molecule has 0 bridgehead atoms. The molecular formula is C44H26S2. The minimum atomic E-state index is 1.24. The Morgan fingerprint density at radius 1 is 0.261 bits per heavy atom. The van der Waals surface area contributed by atoms with Crippen molar-refractivity contribution in [3.05, 3.63) is 158 Å². The normalized spacial score (nSPS) is 11.9. The van der Waals surface area contributed by atoms with Crippen LogP contribution >= 0.6 is 22.7 Å². The van der Waals surface area contributed by atoms with Crippen LogP contribution in [-0.2, 0) is 0 Å². The second kappa shape index (κ2) is 10.1. The van der Waals surface area contributed by atoms with Gasteiger partial charge in [0.05, 0.1) is 9.40 Å². The average molecular weight is 619 g/mol. The molecule has 0 atom stereocenters. The van der Waals surface area contributed by atoms with Gasteiger partial charge in [0, 0.05) is 30.9 Å². The van der Waals surface area contributed by atoms with Gasteiger partial charge in [0.25, 0.3) is 0 Å². The maximum absolute atomic E-state index is 2.43. The van der Waals surface area contributed by atoms with Crippen LogP contribution in [0.1, 0.15) is 0 Å². The minimum Gasteiger partial charge on any atom is -0.134 e. The Bertz CT molecular complexity index is 2720. The summed E-state index contributed by atoms with van der Waals surface area (Å²) in [7, 11) is 0. The highest BCUT2D eigenvalue weighted by Gasteiger charge is 2.18. The van der Waals surface area contributed by atoms with E-state index < -0.39 is 0 Å². The summed E-state index contributed by atoms with van der Waals surface area (Å²) in [6, 6.07) is 58.2. The molecule has 0 saturated carbocycles. The monoisotopic (exact) mass is 618 g/mol. The molecule has 0 fully saturated rings. The summed E-state index contributed by atoms with van der Waals surface area (Å²) in [5.74, 6) is 0. The van der Waals surface area contributed by atoms with E-state index in [9.17, 15) is 0 Å². The summed E-state index contributed by atoms with van der Waals surface area (Å²) in [5, 5.41) is 10.6. The lowest BCUT2D eigenvalue weighted by Crippen LogP contribution is -1.90. The molecule has 2 aromatic heterocycles. The molecule has 0 aliphatic heterocycles. The van der Waals surface area contributed by atoms with Crippen LogP contribution in [0.2, 0.25) is 0 Å². The molecular weight excluding hydrogens is 593 g/mol. The lowest BCUT2D eigenvalue weighted by atomic mass is 9.85. The number of fused-ring (bicyclic) bond motifs is 9. The maximum atomic E-state index is 2.43. The molecule has 8 aromatic carbocycles. The van der Waals surface area contributed by atoms with Gasteiger partial charge in [0.2, 0.25) is 0 Å². The summed E-state index contributed by atoms with van der Waals surface area (Å²) in [6.07, 6.45) is 0. The number of hydrogen-bond donors (Lipinski definition) is 0. The van der Waals surface area contributed by atoms with Crippen molar-refractivity contribution in [2.24, 2.45) is 0 Å². The van der Waals surface area contributed by atoms with Gasteiger partial charge in [0.15, 0.2) is 0 Å². The van der Waals surface area contributed by atoms with E-state index in [0.717, 1.165) is 0 Å². The third kappa shape index (κ3) is 3.84. The Labute approximate surface area is 274 Å². The fourth-order valence-corrected chi connectivity index (χ4v) is 9.96. The third-order valence-corrected chi connectivity index (χ3v) is 12.0. The highest BCUT2D eigenvalue weighted by molar-refractivity contribution is 7.33. The van der Waals surface area contributed by atoms with Gasteiger partial charge in [0.1, 0.15) is 0 Å². The zero-order valence-corrected chi connectivity index (χ0v) is 26.5. The summed E-state index contributed by atoms with van der Waals surface area (Å²) < 4.78 is 5.50. The van der Waals surface area contributed by atoms with Gasteiger partial charge in [-0.05, 0) is 67.1 Å². The molecule has 0 spiro atoms. The van der Waals surface area contributed by atoms with Crippen molar-refractivity contribution >= 4 is 84.6 Å². The molecule has 10 aromatic rings. The minimum absolute atomic E-state index is 1.24. The molecule has 46 heavy (non-hydrogen) atoms. The zero-order valence-electron chi connectivity index (χ0n) is 24.8. The molecule has 0 aliphatic rings. The van der Waals surface area contributed by atoms with Crippen LogP contribution in [-0.4, -0.2) is 0 Å². The van der Waals surface area contributed by atoms with Crippen molar-refractivity contribution in [2.75, 3.05) is 0 Å². The van der Waals surface area contributed by atoms with Crippen LogP contribution in [0, 0.1) is 0 Å². The molecule has 0 amide bonds. The van der Waals surface area contributed by atoms with Gasteiger partial charge < -0.3 is 0 Å². The van der Waals surface area contributed by atoms with Crippen LogP contribution in [0.4, 0.5) is 0 Å². The van der Waals surface area contributed by atoms with E-state index in [-0.39, 0.29) is 0 Å². The molecule has 2 heterocycles. The second-order valence-electron chi connectivity index (χ2n) is 12.0. The van der Waals surface area contributed by atoms with Gasteiger partial charge in [-0.3, -0.25) is 0 Å². The fraction of sp³-hybridized carbons (Fsp3) is 0. The summed E-state index contributed by atoms with van der Waals surface area (Å²) in [6.45, 7) is 0. The Morgan fingerprint density at radius 2 is 0.674 bits per heavy atom. The quantitative estimate of drug-likeness (QED) is 0.173. The van der Waals surface area contributed by atoms with Gasteiger partial charge in [-0.15, -0.1) is 22.7 Å². The van der Waals surface area contributed by atoms with E-state index >= 15 is 0 Å². The molecule has 0 nitrogen and oxygen atoms in total. The predicted octanol–water partition coefficient (Wildman–Crippen LogP) is 13.7. The fourth-order valence-electron chi connectivity index (χ4n) is 7.38. The van der Waals surface area contributed by atoms with Crippen molar-refractivity contribution in [3.63, 3.8) is 0 Å². The predicted molar refractivity (Wildman–Crippen MR) is 204 cm³/mol. The van der Waals surface area contributed by atoms with Crippen molar-refractivity contribution in [1.29, 1.82) is 0 Å². The van der Waals surface area contributed by atoms with Gasteiger partial charge >= 0.3 is 0 Å². The molecule has 214 valence electrons. The van der Waals surface area contributed by atoms with Crippen molar-refractivity contribution < 1.29 is 0 Å². The summed E-state index contributed by atoms with van der Waals surface area (Å²) in [4.78, 5) is 0. The summed E-state index contributed by atoms with van der Waals surface area (Å²) in [5.41, 5.74) is 7.59. The van der Waals surface area contributed by atoms with Crippen LogP contribution in [0.15, 0.2) is 158 Å². The van der Waals surface area contributed by atoms with Gasteiger partial charge in [-0.25, -0.2) is 0 Å². The van der Waals surface area contributed by atoms with Crippen molar-refractivity contribution in [1.82, 2.24) is 0 Å². The Kier molecular flexibility index (Phi) is 5.72. The molecule has 0 radical (unpaired) electrons. The number of hydrogen-bond acceptors (Lipinski definition) is 2. The molecule has 0 N–H and O–H groups in total. The van der Waals surface area contributed by atoms with Crippen LogP contribution < -0.4 is 0 Å². The number of rotatable bonds is 3. The van der Waals surface area contributed by atoms with Crippen LogP contribution in [0.5, 0.6) is 0 Å². The van der Waals surface area contributed by atoms with Crippen LogP contribution in [0.3, 0.4) is 0 Å². The largest absolute Gasteiger partial charge is 0.134 e. The van der Waals surface area contributed by atoms with Crippen LogP contribution in [0.25, 0.3) is 95.3 Å². The number of thiophene rings is 2. The standard InChI is InChI=1S/C44H26S2/c1-2-10-27(11-3-1)28-18-20-29(21-19-28)41-33-13-4-6-15-35(33)42(36-16-7-5-14-34(36)41)30-22-23-32-38-25-24-37-31-12-8-9-17-39(31)45-43(37)44(38)46-40(32)26-30/h1-26H. The molecule has 2 heteroatoms. The van der Waals surface area contributed by atoms with E-state index in [2.05, 4.69) is 158 Å². The highest BCUT2D eigenvalue weighted by atomic mass is 32.1. The first-order chi connectivity index (χ1) is 22.8. The van der Waals surface area contributed by atoms with E-state index in [1.165, 1.54) is 95.3 Å². The summed E-state index contributed by atoms with van der Waals surface area (Å²) >= 11 is 3.86. The molecule has 0 saturated heterocycles. The molecule has 0 unspecified atom stereocenters. The molecule has 10 rings (SSSR count). The van der Waals surface area contributed by atoms with Crippen molar-refractivity contribution in [3.8, 4) is 33.4 Å². The highest BCUT2D eigenvalue weighted by Crippen LogP contribution is 2.47. The number of benzene rings is 8. The average Bonchev–Trinajstić information content (AvgIpc) is 3.69. The lowest BCUT2D eigenvalue weighted by Gasteiger charge is -2.18. The maximum Gasteiger partial charge on any atom is 0.0534 e. The lowest BCUT2D eigenvalue weighted by molar-refractivity contribution is 1.61. The van der Waals surface area contributed by atoms with Crippen molar-refractivity contribution in [2.45, 2.75) is 0 Å². The van der Waals surface area contributed by atoms with E-state index in [0.29, 0.717) is 0 Å². The zero-order chi connectivity index (χ0) is 30.2. The smallest absolute Gasteiger partial charge is 0.0534 e. The van der Waals surface area contributed by atoms with E-state index in [4.69, 9.17) is 0 Å². The topological polar surface area (TPSA) is 0 Å². The first-order valence-electron chi connectivity index (χ1n) is 15.7. The molecule has 0 aliphatic carbocycles. The van der Waals surface area contributed by atoms with Gasteiger partial charge in [-0.1, -0.05) is 146 Å².